The molecule has 0 aromatic carbocycles. The van der Waals surface area contributed by atoms with Crippen molar-refractivity contribution < 1.29 is 4.79 Å². The SMILES string of the molecule is CC(C)CCN(C)C(=O)C(C)S. The summed E-state index contributed by atoms with van der Waals surface area (Å²) >= 11 is 4.09. The van der Waals surface area contributed by atoms with E-state index >= 15 is 0 Å². The van der Waals surface area contributed by atoms with Crippen molar-refractivity contribution in [3.63, 3.8) is 0 Å². The van der Waals surface area contributed by atoms with Crippen molar-refractivity contribution in [2.75, 3.05) is 13.6 Å². The minimum atomic E-state index is -0.179. The molecule has 0 aliphatic heterocycles. The Labute approximate surface area is 80.7 Å². The lowest BCUT2D eigenvalue weighted by Crippen LogP contribution is -2.33. The third-order valence-corrected chi connectivity index (χ3v) is 2.00. The molecule has 0 radical (unpaired) electrons. The number of thiol groups is 1. The van der Waals surface area contributed by atoms with Crippen LogP contribution in [0.2, 0.25) is 0 Å². The van der Waals surface area contributed by atoms with Crippen LogP contribution in [-0.2, 0) is 4.79 Å². The normalized spacial score (nSPS) is 13.2. The van der Waals surface area contributed by atoms with Crippen LogP contribution in [0.1, 0.15) is 27.2 Å². The van der Waals surface area contributed by atoms with E-state index in [4.69, 9.17) is 0 Å². The Balaban J connectivity index is 3.72. The summed E-state index contributed by atoms with van der Waals surface area (Å²) in [5.41, 5.74) is 0. The molecule has 0 saturated heterocycles. The standard InChI is InChI=1S/C9H19NOS/c1-7(2)5-6-10(4)9(11)8(3)12/h7-8,12H,5-6H2,1-4H3. The highest BCUT2D eigenvalue weighted by atomic mass is 32.1. The molecule has 3 heteroatoms. The minimum Gasteiger partial charge on any atom is -0.345 e. The molecule has 1 amide bonds. The molecule has 1 atom stereocenters. The molecular formula is C9H19NOS. The smallest absolute Gasteiger partial charge is 0.234 e. The number of hydrogen-bond donors (Lipinski definition) is 1. The van der Waals surface area contributed by atoms with Crippen LogP contribution in [0.5, 0.6) is 0 Å². The highest BCUT2D eigenvalue weighted by Crippen LogP contribution is 2.04. The summed E-state index contributed by atoms with van der Waals surface area (Å²) in [6.45, 7) is 6.95. The molecule has 0 rings (SSSR count). The fraction of sp³-hybridized carbons (Fsp3) is 0.889. The molecule has 0 aromatic rings. The summed E-state index contributed by atoms with van der Waals surface area (Å²) in [6, 6.07) is 0. The van der Waals surface area contributed by atoms with Crippen molar-refractivity contribution in [1.29, 1.82) is 0 Å². The van der Waals surface area contributed by atoms with E-state index in [-0.39, 0.29) is 11.2 Å². The molecule has 0 aromatic heterocycles. The second kappa shape index (κ2) is 5.46. The maximum atomic E-state index is 11.3. The van der Waals surface area contributed by atoms with Crippen molar-refractivity contribution >= 4 is 18.5 Å². The van der Waals surface area contributed by atoms with Crippen LogP contribution in [0.15, 0.2) is 0 Å². The van der Waals surface area contributed by atoms with E-state index in [9.17, 15) is 4.79 Å². The predicted molar refractivity (Wildman–Crippen MR) is 55.5 cm³/mol. The lowest BCUT2D eigenvalue weighted by Gasteiger charge is -2.19. The monoisotopic (exact) mass is 189 g/mol. The molecular weight excluding hydrogens is 170 g/mol. The zero-order valence-electron chi connectivity index (χ0n) is 8.37. The van der Waals surface area contributed by atoms with Gasteiger partial charge in [-0.2, -0.15) is 12.6 Å². The summed E-state index contributed by atoms with van der Waals surface area (Å²) in [7, 11) is 1.83. The first-order chi connectivity index (χ1) is 5.45. The Morgan fingerprint density at radius 1 is 1.42 bits per heavy atom. The van der Waals surface area contributed by atoms with E-state index in [0.29, 0.717) is 5.92 Å². The Hall–Kier alpha value is -0.180. The molecule has 0 aliphatic rings. The van der Waals surface area contributed by atoms with Crippen molar-refractivity contribution in [2.24, 2.45) is 5.92 Å². The number of carbonyl (C=O) groups excluding carboxylic acids is 1. The van der Waals surface area contributed by atoms with Gasteiger partial charge in [-0.1, -0.05) is 13.8 Å². The Bertz CT molecular complexity index is 145. The Morgan fingerprint density at radius 2 is 1.92 bits per heavy atom. The fourth-order valence-electron chi connectivity index (χ4n) is 0.881. The van der Waals surface area contributed by atoms with Gasteiger partial charge in [0.25, 0.3) is 0 Å². The second-order valence-corrected chi connectivity index (χ2v) is 4.39. The Morgan fingerprint density at radius 3 is 2.25 bits per heavy atom. The average molecular weight is 189 g/mol. The fourth-order valence-corrected chi connectivity index (χ4v) is 1.08. The summed E-state index contributed by atoms with van der Waals surface area (Å²) in [6.07, 6.45) is 1.06. The molecule has 0 spiro atoms. The molecule has 0 N–H and O–H groups in total. The van der Waals surface area contributed by atoms with Crippen molar-refractivity contribution in [2.45, 2.75) is 32.4 Å². The van der Waals surface area contributed by atoms with E-state index < -0.39 is 0 Å². The minimum absolute atomic E-state index is 0.110. The lowest BCUT2D eigenvalue weighted by molar-refractivity contribution is -0.129. The zero-order valence-corrected chi connectivity index (χ0v) is 9.27. The zero-order chi connectivity index (χ0) is 9.72. The van der Waals surface area contributed by atoms with Crippen LogP contribution < -0.4 is 0 Å². The number of amides is 1. The number of carbonyl (C=O) groups is 1. The van der Waals surface area contributed by atoms with Gasteiger partial charge in [0.15, 0.2) is 0 Å². The van der Waals surface area contributed by atoms with Gasteiger partial charge in [-0.15, -0.1) is 0 Å². The molecule has 0 aliphatic carbocycles. The average Bonchev–Trinajstić information content (AvgIpc) is 1.98. The topological polar surface area (TPSA) is 20.3 Å². The van der Waals surface area contributed by atoms with Crippen LogP contribution in [0, 0.1) is 5.92 Å². The first-order valence-corrected chi connectivity index (χ1v) is 4.89. The van der Waals surface area contributed by atoms with Crippen LogP contribution >= 0.6 is 12.6 Å². The molecule has 1 unspecified atom stereocenters. The van der Waals surface area contributed by atoms with Crippen LogP contribution in [0.3, 0.4) is 0 Å². The largest absolute Gasteiger partial charge is 0.345 e. The Kier molecular flexibility index (Phi) is 5.38. The first-order valence-electron chi connectivity index (χ1n) is 4.38. The number of nitrogens with zero attached hydrogens (tertiary/aromatic N) is 1. The molecule has 0 fully saturated rings. The summed E-state index contributed by atoms with van der Waals surface area (Å²) < 4.78 is 0. The highest BCUT2D eigenvalue weighted by molar-refractivity contribution is 7.81. The van der Waals surface area contributed by atoms with Crippen molar-refractivity contribution in [1.82, 2.24) is 4.90 Å². The van der Waals surface area contributed by atoms with Gasteiger partial charge in [0.1, 0.15) is 0 Å². The lowest BCUT2D eigenvalue weighted by atomic mass is 10.1. The predicted octanol–water partition coefficient (Wildman–Crippen LogP) is 1.81. The van der Waals surface area contributed by atoms with E-state index in [2.05, 4.69) is 26.5 Å². The summed E-state index contributed by atoms with van der Waals surface area (Å²) in [5.74, 6) is 0.759. The summed E-state index contributed by atoms with van der Waals surface area (Å²) in [5, 5.41) is -0.179. The molecule has 0 heterocycles. The van der Waals surface area contributed by atoms with Gasteiger partial charge in [0.05, 0.1) is 5.25 Å². The maximum Gasteiger partial charge on any atom is 0.234 e. The van der Waals surface area contributed by atoms with Gasteiger partial charge in [0.2, 0.25) is 5.91 Å². The van der Waals surface area contributed by atoms with Crippen LogP contribution in [0.4, 0.5) is 0 Å². The van der Waals surface area contributed by atoms with E-state index in [0.717, 1.165) is 13.0 Å². The van der Waals surface area contributed by atoms with E-state index in [1.165, 1.54) is 0 Å². The van der Waals surface area contributed by atoms with Gasteiger partial charge in [-0.25, -0.2) is 0 Å². The van der Waals surface area contributed by atoms with Crippen LogP contribution in [0.25, 0.3) is 0 Å². The van der Waals surface area contributed by atoms with E-state index in [1.807, 2.05) is 7.05 Å². The van der Waals surface area contributed by atoms with E-state index in [1.54, 1.807) is 11.8 Å². The van der Waals surface area contributed by atoms with Gasteiger partial charge < -0.3 is 4.90 Å². The van der Waals surface area contributed by atoms with Gasteiger partial charge in [-0.3, -0.25) is 4.79 Å². The quantitative estimate of drug-likeness (QED) is 0.669. The molecule has 2 nitrogen and oxygen atoms in total. The number of hydrogen-bond acceptors (Lipinski definition) is 2. The molecule has 0 saturated carbocycles. The van der Waals surface area contributed by atoms with Crippen LogP contribution in [-0.4, -0.2) is 29.6 Å². The molecule has 72 valence electrons. The van der Waals surface area contributed by atoms with Gasteiger partial charge >= 0.3 is 0 Å². The molecule has 0 bridgehead atoms. The van der Waals surface area contributed by atoms with Gasteiger partial charge in [0, 0.05) is 13.6 Å². The first kappa shape index (κ1) is 11.8. The third kappa shape index (κ3) is 4.65. The number of rotatable bonds is 4. The van der Waals surface area contributed by atoms with Crippen molar-refractivity contribution in [3.8, 4) is 0 Å². The second-order valence-electron chi connectivity index (χ2n) is 3.62. The highest BCUT2D eigenvalue weighted by Gasteiger charge is 2.12. The van der Waals surface area contributed by atoms with Crippen molar-refractivity contribution in [3.05, 3.63) is 0 Å². The van der Waals surface area contributed by atoms with Gasteiger partial charge in [-0.05, 0) is 19.3 Å². The third-order valence-electron chi connectivity index (χ3n) is 1.78. The molecule has 12 heavy (non-hydrogen) atoms. The maximum absolute atomic E-state index is 11.3. The summed E-state index contributed by atoms with van der Waals surface area (Å²) in [4.78, 5) is 13.1.